The van der Waals surface area contributed by atoms with Gasteiger partial charge in [-0.05, 0) is 62.5 Å². The fraction of sp³-hybridized carbons (Fsp3) is 0.750. The van der Waals surface area contributed by atoms with Crippen LogP contribution in [-0.4, -0.2) is 43.7 Å². The Bertz CT molecular complexity index is 916. The van der Waals surface area contributed by atoms with E-state index in [0.29, 0.717) is 24.1 Å². The van der Waals surface area contributed by atoms with Crippen molar-refractivity contribution >= 4 is 10.0 Å². The number of hydrogen-bond donors (Lipinski definition) is 1. The van der Waals surface area contributed by atoms with E-state index >= 15 is 0 Å². The van der Waals surface area contributed by atoms with Gasteiger partial charge in [0.2, 0.25) is 0 Å². The van der Waals surface area contributed by atoms with Crippen molar-refractivity contribution in [1.82, 2.24) is 34.5 Å². The molecule has 0 saturated heterocycles. The van der Waals surface area contributed by atoms with Crippen molar-refractivity contribution in [2.45, 2.75) is 61.6 Å². The first-order valence-electron chi connectivity index (χ1n) is 9.07. The lowest BCUT2D eigenvalue weighted by Gasteiger charge is -2.60. The van der Waals surface area contributed by atoms with Crippen LogP contribution in [0.3, 0.4) is 0 Å². The second-order valence-corrected chi connectivity index (χ2v) is 10.2. The Kier molecular flexibility index (Phi) is 3.23. The quantitative estimate of drug-likeness (QED) is 0.842. The molecule has 4 aliphatic rings. The van der Waals surface area contributed by atoms with E-state index < -0.39 is 15.6 Å². The molecule has 2 heterocycles. The van der Waals surface area contributed by atoms with Crippen LogP contribution in [-0.2, 0) is 22.6 Å². The number of rotatable bonds is 4. The van der Waals surface area contributed by atoms with Gasteiger partial charge in [-0.3, -0.25) is 0 Å². The molecule has 2 aromatic rings. The summed E-state index contributed by atoms with van der Waals surface area (Å²) in [6.45, 7) is 1.80. The fourth-order valence-electron chi connectivity index (χ4n) is 5.95. The Hall–Kier alpha value is -1.81. The average molecular weight is 377 g/mol. The third kappa shape index (κ3) is 2.34. The molecule has 2 unspecified atom stereocenters. The molecule has 140 valence electrons. The van der Waals surface area contributed by atoms with E-state index in [4.69, 9.17) is 0 Å². The smallest absolute Gasteiger partial charge is 0.260 e. The van der Waals surface area contributed by atoms with Crippen molar-refractivity contribution < 1.29 is 8.42 Å². The summed E-state index contributed by atoms with van der Waals surface area (Å²) in [6.07, 6.45) is 8.70. The minimum Gasteiger partial charge on any atom is -0.337 e. The maximum absolute atomic E-state index is 13.0. The van der Waals surface area contributed by atoms with Crippen LogP contribution in [0.15, 0.2) is 17.6 Å². The Morgan fingerprint density at radius 3 is 2.54 bits per heavy atom. The predicted molar refractivity (Wildman–Crippen MR) is 91.5 cm³/mol. The predicted octanol–water partition coefficient (Wildman–Crippen LogP) is 0.741. The zero-order valence-corrected chi connectivity index (χ0v) is 15.8. The number of nitrogens with one attached hydrogen (secondary N) is 1. The Balaban J connectivity index is 1.51. The molecule has 4 aliphatic carbocycles. The summed E-state index contributed by atoms with van der Waals surface area (Å²) < 4.78 is 30.9. The lowest BCUT2D eigenvalue weighted by Crippen LogP contribution is -2.66. The van der Waals surface area contributed by atoms with Gasteiger partial charge in [0, 0.05) is 18.8 Å². The summed E-state index contributed by atoms with van der Waals surface area (Å²) in [5, 5.41) is 12.5. The van der Waals surface area contributed by atoms with E-state index in [1.165, 1.54) is 12.7 Å². The molecule has 0 radical (unpaired) electrons. The summed E-state index contributed by atoms with van der Waals surface area (Å²) in [4.78, 5) is 5.95. The third-order valence-corrected chi connectivity index (χ3v) is 7.97. The Morgan fingerprint density at radius 1 is 1.23 bits per heavy atom. The summed E-state index contributed by atoms with van der Waals surface area (Å²) >= 11 is 0. The van der Waals surface area contributed by atoms with Crippen LogP contribution in [0, 0.1) is 18.8 Å². The van der Waals surface area contributed by atoms with E-state index in [1.807, 2.05) is 0 Å². The van der Waals surface area contributed by atoms with Crippen molar-refractivity contribution in [2.24, 2.45) is 18.9 Å². The van der Waals surface area contributed by atoms with Crippen molar-refractivity contribution in [1.29, 1.82) is 0 Å². The molecule has 0 spiro atoms. The van der Waals surface area contributed by atoms with Crippen LogP contribution in [0.5, 0.6) is 0 Å². The van der Waals surface area contributed by atoms with Gasteiger partial charge in [0.25, 0.3) is 10.0 Å². The maximum atomic E-state index is 13.0. The first-order chi connectivity index (χ1) is 12.3. The van der Waals surface area contributed by atoms with Gasteiger partial charge in [-0.25, -0.2) is 18.1 Å². The van der Waals surface area contributed by atoms with Crippen LogP contribution in [0.2, 0.25) is 0 Å². The van der Waals surface area contributed by atoms with E-state index in [1.54, 1.807) is 29.5 Å². The SMILES string of the molecule is Cc1nc(S(=O)(=O)NC23CC4CC(C2)CC(n2ncnn2)(C4)C3)cn1C. The molecule has 26 heavy (non-hydrogen) atoms. The first kappa shape index (κ1) is 16.4. The van der Waals surface area contributed by atoms with E-state index in [-0.39, 0.29) is 10.6 Å². The molecular formula is C16H23N7O2S. The molecule has 4 saturated carbocycles. The standard InChI is InChI=1S/C16H23N7O2S/c1-11-19-14(8-22(11)2)26(24,25)20-15-4-12-3-13(5-15)7-16(6-12,9-15)23-18-10-17-21-23/h8,10,12-13,20H,3-7,9H2,1-2H3. The normalized spacial score (nSPS) is 35.9. The zero-order valence-electron chi connectivity index (χ0n) is 15.0. The second kappa shape index (κ2) is 5.13. The minimum atomic E-state index is -3.67. The van der Waals surface area contributed by atoms with Gasteiger partial charge in [0.15, 0.2) is 11.4 Å². The van der Waals surface area contributed by atoms with Gasteiger partial charge in [-0.15, -0.1) is 10.2 Å². The fourth-order valence-corrected chi connectivity index (χ4v) is 7.41. The number of hydrogen-bond acceptors (Lipinski definition) is 6. The highest BCUT2D eigenvalue weighted by molar-refractivity contribution is 7.89. The highest BCUT2D eigenvalue weighted by Gasteiger charge is 2.60. The molecule has 4 bridgehead atoms. The Labute approximate surface area is 152 Å². The number of imidazole rings is 1. The topological polar surface area (TPSA) is 108 Å². The molecule has 10 heteroatoms. The van der Waals surface area contributed by atoms with Crippen molar-refractivity contribution in [3.05, 3.63) is 18.3 Å². The summed E-state index contributed by atoms with van der Waals surface area (Å²) in [5.41, 5.74) is -0.662. The number of tetrazole rings is 1. The van der Waals surface area contributed by atoms with Gasteiger partial charge >= 0.3 is 0 Å². The molecule has 9 nitrogen and oxygen atoms in total. The zero-order chi connectivity index (χ0) is 18.2. The highest BCUT2D eigenvalue weighted by atomic mass is 32.2. The third-order valence-electron chi connectivity index (χ3n) is 6.52. The molecule has 4 fully saturated rings. The monoisotopic (exact) mass is 377 g/mol. The van der Waals surface area contributed by atoms with Crippen LogP contribution >= 0.6 is 0 Å². The summed E-state index contributed by atoms with van der Waals surface area (Å²) in [5.74, 6) is 1.67. The van der Waals surface area contributed by atoms with E-state index in [0.717, 1.165) is 25.7 Å². The molecule has 1 N–H and O–H groups in total. The lowest BCUT2D eigenvalue weighted by molar-refractivity contribution is -0.0768. The minimum absolute atomic E-state index is 0.0983. The maximum Gasteiger partial charge on any atom is 0.260 e. The Morgan fingerprint density at radius 2 is 1.96 bits per heavy atom. The lowest BCUT2D eigenvalue weighted by atomic mass is 9.50. The van der Waals surface area contributed by atoms with Gasteiger partial charge in [0.05, 0.1) is 5.54 Å². The van der Waals surface area contributed by atoms with Gasteiger partial charge in [0.1, 0.15) is 5.82 Å². The van der Waals surface area contributed by atoms with Crippen molar-refractivity contribution in [3.8, 4) is 0 Å². The molecule has 6 rings (SSSR count). The first-order valence-corrected chi connectivity index (χ1v) is 10.6. The average Bonchev–Trinajstić information content (AvgIpc) is 3.16. The van der Waals surface area contributed by atoms with Crippen LogP contribution in [0.4, 0.5) is 0 Å². The van der Waals surface area contributed by atoms with Gasteiger partial charge in [-0.2, -0.15) is 4.80 Å². The highest BCUT2D eigenvalue weighted by Crippen LogP contribution is 2.60. The largest absolute Gasteiger partial charge is 0.337 e. The molecule has 2 atom stereocenters. The molecule has 0 aliphatic heterocycles. The molecule has 2 aromatic heterocycles. The van der Waals surface area contributed by atoms with E-state index in [9.17, 15) is 8.42 Å². The number of aromatic nitrogens is 6. The molecule has 0 amide bonds. The van der Waals surface area contributed by atoms with Gasteiger partial charge < -0.3 is 4.57 Å². The van der Waals surface area contributed by atoms with E-state index in [2.05, 4.69) is 25.1 Å². The number of sulfonamides is 1. The van der Waals surface area contributed by atoms with Crippen molar-refractivity contribution in [2.75, 3.05) is 0 Å². The summed E-state index contributed by atoms with van der Waals surface area (Å²) in [6, 6.07) is 0. The number of nitrogens with zero attached hydrogens (tertiary/aromatic N) is 6. The van der Waals surface area contributed by atoms with Crippen LogP contribution in [0.1, 0.15) is 44.3 Å². The van der Waals surface area contributed by atoms with Crippen molar-refractivity contribution in [3.63, 3.8) is 0 Å². The van der Waals surface area contributed by atoms with Crippen LogP contribution in [0.25, 0.3) is 0 Å². The summed E-state index contributed by atoms with van der Waals surface area (Å²) in [7, 11) is -1.86. The molecular weight excluding hydrogens is 354 g/mol. The van der Waals surface area contributed by atoms with Gasteiger partial charge in [-0.1, -0.05) is 0 Å². The number of aryl methyl sites for hydroxylation is 2. The second-order valence-electron chi connectivity index (χ2n) is 8.53. The molecule has 0 aromatic carbocycles. The van der Waals surface area contributed by atoms with Crippen LogP contribution < -0.4 is 4.72 Å².